The molecule has 4 atom stereocenters. The van der Waals surface area contributed by atoms with Crippen molar-refractivity contribution in [2.24, 2.45) is 17.1 Å². The summed E-state index contributed by atoms with van der Waals surface area (Å²) >= 11 is 0.975. The molecule has 0 bridgehead atoms. The molecule has 4 unspecified atom stereocenters. The van der Waals surface area contributed by atoms with Gasteiger partial charge >= 0.3 is 6.01 Å². The number of anilines is 1. The van der Waals surface area contributed by atoms with E-state index < -0.39 is 22.8 Å². The quantitative estimate of drug-likeness (QED) is 0.400. The summed E-state index contributed by atoms with van der Waals surface area (Å²) in [5.74, 6) is -1.92. The van der Waals surface area contributed by atoms with Crippen LogP contribution in [0.2, 0.25) is 0 Å². The van der Waals surface area contributed by atoms with Gasteiger partial charge in [-0.15, -0.1) is 0 Å². The second kappa shape index (κ2) is 10.9. The third-order valence-corrected chi connectivity index (χ3v) is 12.3. The van der Waals surface area contributed by atoms with Gasteiger partial charge in [-0.1, -0.05) is 11.8 Å². The zero-order chi connectivity index (χ0) is 32.0. The Kier molecular flexibility index (Phi) is 7.10. The van der Waals surface area contributed by atoms with Gasteiger partial charge < -0.3 is 25.0 Å². The number of allylic oxidation sites excluding steroid dienone is 4. The smallest absolute Gasteiger partial charge is 0.318 e. The fraction of sp³-hybridized carbons (Fsp3) is 0.576. The highest BCUT2D eigenvalue weighted by Crippen LogP contribution is 2.53. The van der Waals surface area contributed by atoms with Gasteiger partial charge in [-0.3, -0.25) is 9.88 Å². The van der Waals surface area contributed by atoms with Crippen LogP contribution in [0.25, 0.3) is 16.5 Å². The molecule has 2 saturated carbocycles. The summed E-state index contributed by atoms with van der Waals surface area (Å²) < 4.78 is 41.8. The molecule has 6 aliphatic rings. The highest BCUT2D eigenvalue weighted by molar-refractivity contribution is 8.04. The second-order valence-corrected chi connectivity index (χ2v) is 15.3. The van der Waals surface area contributed by atoms with Crippen LogP contribution in [-0.2, 0) is 4.74 Å². The fourth-order valence-corrected chi connectivity index (χ4v) is 8.85. The molecular weight excluding hydrogens is 610 g/mol. The number of thioether (sulfide) groups is 1. The lowest BCUT2D eigenvalue weighted by Gasteiger charge is -2.55. The molecule has 2 saturated heterocycles. The number of halogens is 2. The predicted molar refractivity (Wildman–Crippen MR) is 172 cm³/mol. The monoisotopic (exact) mass is 648 g/mol. The van der Waals surface area contributed by atoms with E-state index in [0.29, 0.717) is 41.4 Å². The molecule has 3 aliphatic heterocycles. The third kappa shape index (κ3) is 4.79. The number of rotatable bonds is 10. The number of ether oxygens (including phenoxy) is 2. The average Bonchev–Trinajstić information content (AvgIpc) is 3.69. The molecule has 0 aromatic carbocycles. The molecule has 0 spiro atoms. The Morgan fingerprint density at radius 1 is 1.22 bits per heavy atom. The normalized spacial score (nSPS) is 28.9. The number of aromatic nitrogens is 3. The lowest BCUT2D eigenvalue weighted by molar-refractivity contribution is -0.218. The van der Waals surface area contributed by atoms with E-state index in [2.05, 4.69) is 34.9 Å². The van der Waals surface area contributed by atoms with Crippen LogP contribution in [0.3, 0.4) is 0 Å². The van der Waals surface area contributed by atoms with Crippen LogP contribution >= 0.6 is 11.8 Å². The molecular formula is C33H38F2N8O2S. The Morgan fingerprint density at radius 2 is 2.02 bits per heavy atom. The fourth-order valence-electron chi connectivity index (χ4n) is 7.65. The van der Waals surface area contributed by atoms with Crippen LogP contribution < -0.4 is 15.4 Å². The minimum Gasteiger partial charge on any atom is -0.463 e. The maximum atomic E-state index is 14.9. The molecule has 4 fully saturated rings. The number of hydrogen-bond donors (Lipinski definition) is 1. The topological polar surface area (TPSA) is 117 Å². The highest BCUT2D eigenvalue weighted by Gasteiger charge is 2.53. The molecule has 3 aliphatic carbocycles. The maximum Gasteiger partial charge on any atom is 0.318 e. The molecule has 242 valence electrons. The summed E-state index contributed by atoms with van der Waals surface area (Å²) in [6.07, 6.45) is 8.82. The number of nitrogens with zero attached hydrogens (tertiary/aromatic N) is 7. The Labute approximate surface area is 271 Å². The van der Waals surface area contributed by atoms with Gasteiger partial charge in [0.1, 0.15) is 11.6 Å². The van der Waals surface area contributed by atoms with Crippen molar-refractivity contribution in [1.29, 1.82) is 5.26 Å². The van der Waals surface area contributed by atoms with E-state index in [1.165, 1.54) is 6.42 Å². The largest absolute Gasteiger partial charge is 0.463 e. The van der Waals surface area contributed by atoms with Crippen LogP contribution in [0.15, 0.2) is 40.6 Å². The SMILES string of the molecule is CN(CC1(N(C)C)CCC1)c1nc(OCC2(CN3CC4OCC43)CC2)nc2cc(C3=CC(F)=C(F)C4SC(N)=C(C#N)C34)ncc12. The number of fused-ring (bicyclic) bond motifs is 3. The number of pyridine rings is 1. The molecule has 0 amide bonds. The van der Waals surface area contributed by atoms with Gasteiger partial charge in [-0.2, -0.15) is 15.2 Å². The number of likely N-dealkylation sites (N-methyl/N-ethyl adjacent to an activating group) is 2. The summed E-state index contributed by atoms with van der Waals surface area (Å²) in [5.41, 5.74) is 7.84. The van der Waals surface area contributed by atoms with Crippen molar-refractivity contribution in [1.82, 2.24) is 24.8 Å². The second-order valence-electron chi connectivity index (χ2n) is 14.1. The van der Waals surface area contributed by atoms with Crippen LogP contribution in [0, 0.1) is 22.7 Å². The summed E-state index contributed by atoms with van der Waals surface area (Å²) in [6, 6.07) is 4.71. The van der Waals surface area contributed by atoms with Crippen molar-refractivity contribution in [3.63, 3.8) is 0 Å². The van der Waals surface area contributed by atoms with Crippen LogP contribution in [0.5, 0.6) is 6.01 Å². The Balaban J connectivity index is 1.14. The lowest BCUT2D eigenvalue weighted by Crippen LogP contribution is -2.71. The maximum absolute atomic E-state index is 14.9. The minimum atomic E-state index is -0.976. The molecule has 2 aromatic heterocycles. The van der Waals surface area contributed by atoms with E-state index in [0.717, 1.165) is 75.1 Å². The Hall–Kier alpha value is -3.31. The van der Waals surface area contributed by atoms with Crippen molar-refractivity contribution in [2.45, 2.75) is 55.0 Å². The van der Waals surface area contributed by atoms with Gasteiger partial charge in [0.05, 0.1) is 63.9 Å². The first-order chi connectivity index (χ1) is 22.1. The van der Waals surface area contributed by atoms with E-state index >= 15 is 0 Å². The number of morpholine rings is 1. The first-order valence-corrected chi connectivity index (χ1v) is 16.9. The van der Waals surface area contributed by atoms with Gasteiger partial charge in [-0.05, 0) is 63.9 Å². The Bertz CT molecular complexity index is 1750. The molecule has 46 heavy (non-hydrogen) atoms. The van der Waals surface area contributed by atoms with Gasteiger partial charge in [-0.25, -0.2) is 8.78 Å². The van der Waals surface area contributed by atoms with Crippen LogP contribution in [-0.4, -0.2) is 102 Å². The van der Waals surface area contributed by atoms with Crippen molar-refractivity contribution in [3.05, 3.63) is 46.3 Å². The molecule has 0 radical (unpaired) electrons. The van der Waals surface area contributed by atoms with Crippen molar-refractivity contribution < 1.29 is 18.3 Å². The van der Waals surface area contributed by atoms with E-state index in [1.807, 2.05) is 7.05 Å². The zero-order valence-electron chi connectivity index (χ0n) is 26.3. The minimum absolute atomic E-state index is 0.0504. The first kappa shape index (κ1) is 30.1. The first-order valence-electron chi connectivity index (χ1n) is 16.0. The zero-order valence-corrected chi connectivity index (χ0v) is 27.1. The highest BCUT2D eigenvalue weighted by atomic mass is 32.2. The summed E-state index contributed by atoms with van der Waals surface area (Å²) in [4.78, 5) is 21.4. The van der Waals surface area contributed by atoms with E-state index in [1.54, 1.807) is 12.3 Å². The third-order valence-electron chi connectivity index (χ3n) is 11.1. The molecule has 8 rings (SSSR count). The van der Waals surface area contributed by atoms with Gasteiger partial charge in [0.15, 0.2) is 5.83 Å². The van der Waals surface area contributed by atoms with Crippen molar-refractivity contribution >= 4 is 34.1 Å². The van der Waals surface area contributed by atoms with Gasteiger partial charge in [0.2, 0.25) is 0 Å². The van der Waals surface area contributed by atoms with Crippen molar-refractivity contribution in [2.75, 3.05) is 58.9 Å². The van der Waals surface area contributed by atoms with E-state index in [9.17, 15) is 14.0 Å². The van der Waals surface area contributed by atoms with Crippen molar-refractivity contribution in [3.8, 4) is 12.1 Å². The molecule has 13 heteroatoms. The summed E-state index contributed by atoms with van der Waals surface area (Å²) in [5, 5.41) is 9.85. The van der Waals surface area contributed by atoms with Crippen LogP contribution in [0.1, 0.15) is 37.8 Å². The number of hydrogen-bond acceptors (Lipinski definition) is 11. The van der Waals surface area contributed by atoms with Gasteiger partial charge in [0.25, 0.3) is 0 Å². The molecule has 2 aromatic rings. The molecule has 2 N–H and O–H groups in total. The lowest BCUT2D eigenvalue weighted by atomic mass is 9.75. The van der Waals surface area contributed by atoms with Gasteiger partial charge in [0, 0.05) is 49.8 Å². The number of likely N-dealkylation sites (tertiary alicyclic amines) is 1. The summed E-state index contributed by atoms with van der Waals surface area (Å²) in [7, 11) is 6.28. The standard InChI is InChI=1S/C33H38F2N8O2S/c1-41(2)33(5-4-6-33)16-42(3)30-20-12-38-22(18-9-21(34)27(35)28-26(18)19(11-36)29(37)46-28)10-23(20)39-31(40-30)45-17-32(7-8-32)15-43-13-25-24(43)14-44-25/h9-10,12,24-26,28H,4-8,13-17,37H2,1-3H3. The number of nitrogens with two attached hydrogens (primary N) is 1. The Morgan fingerprint density at radius 3 is 2.63 bits per heavy atom. The number of nitriles is 1. The molecule has 10 nitrogen and oxygen atoms in total. The van der Waals surface area contributed by atoms with E-state index in [-0.39, 0.29) is 27.6 Å². The average molecular weight is 649 g/mol. The predicted octanol–water partition coefficient (Wildman–Crippen LogP) is 4.16. The molecule has 5 heterocycles. The van der Waals surface area contributed by atoms with Crippen LogP contribution in [0.4, 0.5) is 14.6 Å². The van der Waals surface area contributed by atoms with E-state index in [4.69, 9.17) is 30.2 Å². The summed E-state index contributed by atoms with van der Waals surface area (Å²) in [6.45, 7) is 4.08.